The number of nitrogens with zero attached hydrogens (tertiary/aromatic N) is 1. The van der Waals surface area contributed by atoms with Gasteiger partial charge in [0.25, 0.3) is 5.69 Å². The van der Waals surface area contributed by atoms with Crippen LogP contribution in [0, 0.1) is 21.7 Å². The molecule has 21 heavy (non-hydrogen) atoms. The Hall–Kier alpha value is -2.50. The number of hydrogen-bond donors (Lipinski definition) is 1. The van der Waals surface area contributed by atoms with E-state index in [0.29, 0.717) is 18.6 Å². The summed E-state index contributed by atoms with van der Waals surface area (Å²) in [5, 5.41) is 13.3. The number of non-ortho nitro benzene ring substituents is 1. The molecule has 6 heteroatoms. The maximum atomic E-state index is 13.9. The molecule has 2 rings (SSSR count). The van der Waals surface area contributed by atoms with Crippen molar-refractivity contribution < 1.29 is 13.7 Å². The monoisotopic (exact) mass is 292 g/mol. The first-order chi connectivity index (χ1) is 10.0. The van der Waals surface area contributed by atoms with Crippen LogP contribution in [0.1, 0.15) is 24.9 Å². The molecule has 2 aromatic carbocycles. The van der Waals surface area contributed by atoms with E-state index in [1.165, 1.54) is 0 Å². The summed E-state index contributed by atoms with van der Waals surface area (Å²) in [7, 11) is 0. The molecule has 1 atom stereocenters. The number of anilines is 1. The zero-order valence-electron chi connectivity index (χ0n) is 11.3. The second-order valence-electron chi connectivity index (χ2n) is 4.56. The molecule has 0 radical (unpaired) electrons. The van der Waals surface area contributed by atoms with Gasteiger partial charge in [-0.25, -0.2) is 8.78 Å². The fourth-order valence-electron chi connectivity index (χ4n) is 2.08. The zero-order valence-corrected chi connectivity index (χ0v) is 11.3. The SMILES string of the molecule is CCC(Nc1c(F)cc([N+](=O)[O-])cc1F)c1ccccc1. The van der Waals surface area contributed by atoms with Gasteiger partial charge in [-0.05, 0) is 12.0 Å². The number of benzene rings is 2. The van der Waals surface area contributed by atoms with Gasteiger partial charge < -0.3 is 5.32 Å². The fourth-order valence-corrected chi connectivity index (χ4v) is 2.08. The molecule has 1 unspecified atom stereocenters. The van der Waals surface area contributed by atoms with Crippen molar-refractivity contribution in [2.75, 3.05) is 5.32 Å². The molecule has 0 saturated heterocycles. The Morgan fingerprint density at radius 2 is 1.76 bits per heavy atom. The average molecular weight is 292 g/mol. The summed E-state index contributed by atoms with van der Waals surface area (Å²) >= 11 is 0. The van der Waals surface area contributed by atoms with E-state index < -0.39 is 22.2 Å². The van der Waals surface area contributed by atoms with E-state index in [1.54, 1.807) is 0 Å². The maximum absolute atomic E-state index is 13.9. The Bertz CT molecular complexity index is 624. The molecular formula is C15H14F2N2O2. The van der Waals surface area contributed by atoms with Crippen molar-refractivity contribution in [2.45, 2.75) is 19.4 Å². The van der Waals surface area contributed by atoms with E-state index in [9.17, 15) is 18.9 Å². The van der Waals surface area contributed by atoms with E-state index in [1.807, 2.05) is 37.3 Å². The molecular weight excluding hydrogens is 278 g/mol. The summed E-state index contributed by atoms with van der Waals surface area (Å²) in [5.41, 5.74) is -0.0724. The molecule has 0 aromatic heterocycles. The number of rotatable bonds is 5. The van der Waals surface area contributed by atoms with E-state index in [-0.39, 0.29) is 11.7 Å². The van der Waals surface area contributed by atoms with Crippen LogP contribution in [0.4, 0.5) is 20.2 Å². The van der Waals surface area contributed by atoms with Crippen LogP contribution in [0.15, 0.2) is 42.5 Å². The molecule has 0 amide bonds. The lowest BCUT2D eigenvalue weighted by molar-refractivity contribution is -0.385. The second-order valence-corrected chi connectivity index (χ2v) is 4.56. The molecule has 0 aliphatic carbocycles. The van der Waals surface area contributed by atoms with Gasteiger partial charge in [0.1, 0.15) is 5.69 Å². The first kappa shape index (κ1) is 14.9. The molecule has 0 fully saturated rings. The summed E-state index contributed by atoms with van der Waals surface area (Å²) in [4.78, 5) is 9.74. The van der Waals surface area contributed by atoms with Gasteiger partial charge in [-0.1, -0.05) is 37.3 Å². The van der Waals surface area contributed by atoms with Crippen molar-refractivity contribution in [3.05, 3.63) is 69.8 Å². The Kier molecular flexibility index (Phi) is 4.47. The van der Waals surface area contributed by atoms with E-state index >= 15 is 0 Å². The molecule has 0 aliphatic rings. The molecule has 0 bridgehead atoms. The van der Waals surface area contributed by atoms with Gasteiger partial charge >= 0.3 is 0 Å². The van der Waals surface area contributed by atoms with Gasteiger partial charge in [0.15, 0.2) is 11.6 Å². The summed E-state index contributed by atoms with van der Waals surface area (Å²) in [6.45, 7) is 1.88. The van der Waals surface area contributed by atoms with Crippen LogP contribution < -0.4 is 5.32 Å². The zero-order chi connectivity index (χ0) is 15.4. The first-order valence-corrected chi connectivity index (χ1v) is 6.47. The third kappa shape index (κ3) is 3.34. The van der Waals surface area contributed by atoms with Crippen LogP contribution in [0.2, 0.25) is 0 Å². The van der Waals surface area contributed by atoms with Gasteiger partial charge in [0.05, 0.1) is 23.1 Å². The Labute approximate surface area is 120 Å². The lowest BCUT2D eigenvalue weighted by Gasteiger charge is -2.19. The van der Waals surface area contributed by atoms with E-state index in [0.717, 1.165) is 5.56 Å². The molecule has 0 heterocycles. The molecule has 4 nitrogen and oxygen atoms in total. The first-order valence-electron chi connectivity index (χ1n) is 6.47. The van der Waals surface area contributed by atoms with Crippen molar-refractivity contribution >= 4 is 11.4 Å². The maximum Gasteiger partial charge on any atom is 0.275 e. The number of nitro groups is 1. The van der Waals surface area contributed by atoms with Gasteiger partial charge in [0, 0.05) is 0 Å². The van der Waals surface area contributed by atoms with Crippen LogP contribution in [0.3, 0.4) is 0 Å². The number of hydrogen-bond acceptors (Lipinski definition) is 3. The lowest BCUT2D eigenvalue weighted by Crippen LogP contribution is -2.12. The third-order valence-electron chi connectivity index (χ3n) is 3.17. The predicted octanol–water partition coefficient (Wildman–Crippen LogP) is 4.44. The second kappa shape index (κ2) is 6.30. The van der Waals surface area contributed by atoms with Crippen LogP contribution in [0.5, 0.6) is 0 Å². The Morgan fingerprint density at radius 3 is 2.24 bits per heavy atom. The largest absolute Gasteiger partial charge is 0.373 e. The quantitative estimate of drug-likeness (QED) is 0.655. The smallest absolute Gasteiger partial charge is 0.275 e. The number of nitro benzene ring substituents is 1. The van der Waals surface area contributed by atoms with Crippen LogP contribution in [-0.4, -0.2) is 4.92 Å². The average Bonchev–Trinajstić information content (AvgIpc) is 2.47. The van der Waals surface area contributed by atoms with Crippen LogP contribution >= 0.6 is 0 Å². The minimum absolute atomic E-state index is 0.281. The lowest BCUT2D eigenvalue weighted by atomic mass is 10.0. The van der Waals surface area contributed by atoms with Crippen molar-refractivity contribution in [3.63, 3.8) is 0 Å². The summed E-state index contributed by atoms with van der Waals surface area (Å²) in [5.74, 6) is -1.95. The standard InChI is InChI=1S/C15H14F2N2O2/c1-2-14(10-6-4-3-5-7-10)18-15-12(16)8-11(19(20)21)9-13(15)17/h3-9,14,18H,2H2,1H3. The highest BCUT2D eigenvalue weighted by molar-refractivity contribution is 5.53. The van der Waals surface area contributed by atoms with Crippen molar-refractivity contribution in [1.29, 1.82) is 0 Å². The van der Waals surface area contributed by atoms with Crippen LogP contribution in [0.25, 0.3) is 0 Å². The highest BCUT2D eigenvalue weighted by atomic mass is 19.1. The van der Waals surface area contributed by atoms with Crippen LogP contribution in [-0.2, 0) is 0 Å². The summed E-state index contributed by atoms with van der Waals surface area (Å²) < 4.78 is 27.8. The van der Waals surface area contributed by atoms with Gasteiger partial charge in [-0.15, -0.1) is 0 Å². The number of halogens is 2. The van der Waals surface area contributed by atoms with Crippen molar-refractivity contribution in [3.8, 4) is 0 Å². The Morgan fingerprint density at radius 1 is 1.19 bits per heavy atom. The highest BCUT2D eigenvalue weighted by Gasteiger charge is 2.19. The third-order valence-corrected chi connectivity index (χ3v) is 3.17. The molecule has 1 N–H and O–H groups in total. The van der Waals surface area contributed by atoms with Crippen molar-refractivity contribution in [2.24, 2.45) is 0 Å². The summed E-state index contributed by atoms with van der Waals surface area (Å²) in [6, 6.07) is 10.4. The minimum Gasteiger partial charge on any atom is -0.373 e. The van der Waals surface area contributed by atoms with Gasteiger partial charge in [-0.3, -0.25) is 10.1 Å². The predicted molar refractivity (Wildman–Crippen MR) is 76.1 cm³/mol. The number of nitrogens with one attached hydrogen (secondary N) is 1. The normalized spacial score (nSPS) is 12.0. The molecule has 0 spiro atoms. The van der Waals surface area contributed by atoms with Gasteiger partial charge in [0.2, 0.25) is 0 Å². The van der Waals surface area contributed by atoms with E-state index in [2.05, 4.69) is 5.32 Å². The van der Waals surface area contributed by atoms with Gasteiger partial charge in [-0.2, -0.15) is 0 Å². The molecule has 0 saturated carbocycles. The minimum atomic E-state index is -0.976. The fraction of sp³-hybridized carbons (Fsp3) is 0.200. The Balaban J connectivity index is 2.32. The summed E-state index contributed by atoms with van der Waals surface area (Å²) in [6.07, 6.45) is 0.611. The van der Waals surface area contributed by atoms with Crippen molar-refractivity contribution in [1.82, 2.24) is 0 Å². The molecule has 110 valence electrons. The van der Waals surface area contributed by atoms with E-state index in [4.69, 9.17) is 0 Å². The molecule has 2 aromatic rings. The molecule has 0 aliphatic heterocycles. The topological polar surface area (TPSA) is 55.2 Å². The highest BCUT2D eigenvalue weighted by Crippen LogP contribution is 2.29.